The molecule has 0 radical (unpaired) electrons. The van der Waals surface area contributed by atoms with Gasteiger partial charge in [-0.2, -0.15) is 0 Å². The van der Waals surface area contributed by atoms with E-state index in [1.807, 2.05) is 41.7 Å². The summed E-state index contributed by atoms with van der Waals surface area (Å²) in [6.07, 6.45) is 0. The second-order valence-electron chi connectivity index (χ2n) is 4.77. The molecule has 104 valence electrons. The number of thioether (sulfide) groups is 2. The van der Waals surface area contributed by atoms with Crippen molar-refractivity contribution in [2.75, 3.05) is 24.3 Å². The zero-order chi connectivity index (χ0) is 13.9. The van der Waals surface area contributed by atoms with Crippen molar-refractivity contribution in [3.8, 4) is 5.75 Å². The maximum atomic E-state index is 5.79. The summed E-state index contributed by atoms with van der Waals surface area (Å²) >= 11 is 3.81. The molecule has 1 atom stereocenters. The molecule has 1 aliphatic rings. The second-order valence-corrected chi connectivity index (χ2v) is 6.89. The Morgan fingerprint density at radius 3 is 3.00 bits per heavy atom. The van der Waals surface area contributed by atoms with E-state index >= 15 is 0 Å². The molecule has 4 heteroatoms. The number of ether oxygens (including phenoxy) is 1. The smallest absolute Gasteiger partial charge is 0.134 e. The molecule has 0 aliphatic carbocycles. The van der Waals surface area contributed by atoms with Crippen LogP contribution >= 0.6 is 23.5 Å². The van der Waals surface area contributed by atoms with Gasteiger partial charge in [-0.25, -0.2) is 0 Å². The predicted octanol–water partition coefficient (Wildman–Crippen LogP) is 4.26. The van der Waals surface area contributed by atoms with Gasteiger partial charge in [0.25, 0.3) is 0 Å². The third-order valence-electron chi connectivity index (χ3n) is 3.43. The van der Waals surface area contributed by atoms with Crippen molar-refractivity contribution in [3.63, 3.8) is 0 Å². The van der Waals surface area contributed by atoms with Crippen molar-refractivity contribution in [1.29, 1.82) is 0 Å². The van der Waals surface area contributed by atoms with Crippen molar-refractivity contribution in [2.45, 2.75) is 15.7 Å². The molecule has 0 bridgehead atoms. The van der Waals surface area contributed by atoms with Crippen LogP contribution in [0.3, 0.4) is 0 Å². The van der Waals surface area contributed by atoms with Crippen LogP contribution in [0.15, 0.2) is 52.3 Å². The molecular formula is C16H17NOS2. The molecule has 0 saturated heterocycles. The average Bonchev–Trinajstić information content (AvgIpc) is 2.89. The summed E-state index contributed by atoms with van der Waals surface area (Å²) in [6, 6.07) is 14.6. The molecule has 1 unspecified atom stereocenters. The van der Waals surface area contributed by atoms with E-state index in [0.717, 1.165) is 22.1 Å². The van der Waals surface area contributed by atoms with Crippen LogP contribution in [-0.2, 0) is 0 Å². The van der Waals surface area contributed by atoms with E-state index in [9.17, 15) is 0 Å². The van der Waals surface area contributed by atoms with Gasteiger partial charge < -0.3 is 10.5 Å². The van der Waals surface area contributed by atoms with Gasteiger partial charge in [-0.1, -0.05) is 18.2 Å². The number of rotatable bonds is 4. The van der Waals surface area contributed by atoms with Crippen molar-refractivity contribution < 1.29 is 4.74 Å². The molecule has 2 N–H and O–H groups in total. The SMILES string of the molecule is COc1cc(N)ccc1SCC1CSc2ccccc21. The number of hydrogen-bond donors (Lipinski definition) is 1. The summed E-state index contributed by atoms with van der Waals surface area (Å²) in [5.41, 5.74) is 8.02. The van der Waals surface area contributed by atoms with Crippen molar-refractivity contribution in [1.82, 2.24) is 0 Å². The lowest BCUT2D eigenvalue weighted by atomic mass is 10.0. The molecule has 1 heterocycles. The van der Waals surface area contributed by atoms with Crippen LogP contribution in [0.2, 0.25) is 0 Å². The maximum Gasteiger partial charge on any atom is 0.134 e. The van der Waals surface area contributed by atoms with E-state index in [0.29, 0.717) is 5.92 Å². The quantitative estimate of drug-likeness (QED) is 0.676. The van der Waals surface area contributed by atoms with Gasteiger partial charge in [0, 0.05) is 39.0 Å². The molecule has 2 aromatic carbocycles. The first kappa shape index (κ1) is 13.7. The molecule has 0 aromatic heterocycles. The van der Waals surface area contributed by atoms with E-state index < -0.39 is 0 Å². The molecule has 3 rings (SSSR count). The Kier molecular flexibility index (Phi) is 4.13. The fourth-order valence-electron chi connectivity index (χ4n) is 2.36. The Bertz CT molecular complexity index is 615. The van der Waals surface area contributed by atoms with Gasteiger partial charge in [0.15, 0.2) is 0 Å². The van der Waals surface area contributed by atoms with Crippen molar-refractivity contribution >= 4 is 29.2 Å². The zero-order valence-electron chi connectivity index (χ0n) is 11.3. The topological polar surface area (TPSA) is 35.2 Å². The van der Waals surface area contributed by atoms with Crippen LogP contribution < -0.4 is 10.5 Å². The van der Waals surface area contributed by atoms with Gasteiger partial charge in [0.05, 0.1) is 7.11 Å². The van der Waals surface area contributed by atoms with E-state index in [4.69, 9.17) is 10.5 Å². The normalized spacial score (nSPS) is 16.9. The number of fused-ring (bicyclic) bond motifs is 1. The van der Waals surface area contributed by atoms with Crippen LogP contribution in [-0.4, -0.2) is 18.6 Å². The maximum absolute atomic E-state index is 5.79. The molecule has 0 amide bonds. The molecule has 2 aromatic rings. The van der Waals surface area contributed by atoms with Crippen LogP contribution in [0.5, 0.6) is 5.75 Å². The number of methoxy groups -OCH3 is 1. The van der Waals surface area contributed by atoms with Crippen molar-refractivity contribution in [3.05, 3.63) is 48.0 Å². The number of anilines is 1. The summed E-state index contributed by atoms with van der Waals surface area (Å²) in [7, 11) is 1.69. The minimum absolute atomic E-state index is 0.614. The monoisotopic (exact) mass is 303 g/mol. The Labute approximate surface area is 128 Å². The largest absolute Gasteiger partial charge is 0.496 e. The van der Waals surface area contributed by atoms with E-state index in [1.54, 1.807) is 7.11 Å². The average molecular weight is 303 g/mol. The predicted molar refractivity (Wildman–Crippen MR) is 88.0 cm³/mol. The first-order valence-corrected chi connectivity index (χ1v) is 8.53. The summed E-state index contributed by atoms with van der Waals surface area (Å²) < 4.78 is 5.40. The number of benzene rings is 2. The highest BCUT2D eigenvalue weighted by atomic mass is 32.2. The number of nitrogen functional groups attached to an aromatic ring is 1. The van der Waals surface area contributed by atoms with Gasteiger partial charge in [0.2, 0.25) is 0 Å². The first-order valence-electron chi connectivity index (χ1n) is 6.56. The van der Waals surface area contributed by atoms with Gasteiger partial charge in [-0.3, -0.25) is 0 Å². The van der Waals surface area contributed by atoms with Crippen LogP contribution in [0.1, 0.15) is 11.5 Å². The van der Waals surface area contributed by atoms with Gasteiger partial charge >= 0.3 is 0 Å². The lowest BCUT2D eigenvalue weighted by Crippen LogP contribution is -2.00. The standard InChI is InChI=1S/C16H17NOS2/c1-18-14-8-12(17)6-7-16(14)20-10-11-9-19-15-5-3-2-4-13(11)15/h2-8,11H,9-10,17H2,1H3. The fraction of sp³-hybridized carbons (Fsp3) is 0.250. The summed E-state index contributed by atoms with van der Waals surface area (Å²) in [5.74, 6) is 3.73. The number of nitrogens with two attached hydrogens (primary N) is 1. The molecule has 0 saturated carbocycles. The minimum atomic E-state index is 0.614. The Balaban J connectivity index is 1.72. The highest BCUT2D eigenvalue weighted by Crippen LogP contribution is 2.43. The van der Waals surface area contributed by atoms with E-state index in [1.165, 1.54) is 16.2 Å². The lowest BCUT2D eigenvalue weighted by molar-refractivity contribution is 0.405. The summed E-state index contributed by atoms with van der Waals surface area (Å²) in [4.78, 5) is 2.60. The van der Waals surface area contributed by atoms with Gasteiger partial charge in [-0.15, -0.1) is 23.5 Å². The third-order valence-corrected chi connectivity index (χ3v) is 5.90. The van der Waals surface area contributed by atoms with Crippen LogP contribution in [0, 0.1) is 0 Å². The van der Waals surface area contributed by atoms with E-state index in [2.05, 4.69) is 24.3 Å². The minimum Gasteiger partial charge on any atom is -0.496 e. The first-order chi connectivity index (χ1) is 9.78. The molecule has 2 nitrogen and oxygen atoms in total. The van der Waals surface area contributed by atoms with Crippen LogP contribution in [0.4, 0.5) is 5.69 Å². The van der Waals surface area contributed by atoms with Gasteiger partial charge in [-0.05, 0) is 23.8 Å². The van der Waals surface area contributed by atoms with Gasteiger partial charge in [0.1, 0.15) is 5.75 Å². The third kappa shape index (κ3) is 2.76. The molecule has 1 aliphatic heterocycles. The lowest BCUT2D eigenvalue weighted by Gasteiger charge is -2.13. The summed E-state index contributed by atoms with van der Waals surface area (Å²) in [5, 5.41) is 0. The fourth-order valence-corrected chi connectivity index (χ4v) is 4.89. The second kappa shape index (κ2) is 6.02. The van der Waals surface area contributed by atoms with Crippen LogP contribution in [0.25, 0.3) is 0 Å². The number of hydrogen-bond acceptors (Lipinski definition) is 4. The molecule has 0 spiro atoms. The van der Waals surface area contributed by atoms with Crippen molar-refractivity contribution in [2.24, 2.45) is 0 Å². The molecular weight excluding hydrogens is 286 g/mol. The Hall–Kier alpha value is -1.26. The van der Waals surface area contributed by atoms with E-state index in [-0.39, 0.29) is 0 Å². The zero-order valence-corrected chi connectivity index (χ0v) is 13.0. The molecule has 0 fully saturated rings. The Morgan fingerprint density at radius 1 is 1.30 bits per heavy atom. The Morgan fingerprint density at radius 2 is 2.15 bits per heavy atom. The highest BCUT2D eigenvalue weighted by molar-refractivity contribution is 8.00. The molecule has 20 heavy (non-hydrogen) atoms. The highest BCUT2D eigenvalue weighted by Gasteiger charge is 2.23. The summed E-state index contributed by atoms with van der Waals surface area (Å²) in [6.45, 7) is 0.